The molecular weight excluding hydrogens is 208 g/mol. The first-order valence-corrected chi connectivity index (χ1v) is 5.01. The summed E-state index contributed by atoms with van der Waals surface area (Å²) in [4.78, 5) is 21.7. The minimum Gasteiger partial charge on any atom is -0.461 e. The van der Waals surface area contributed by atoms with Crippen LogP contribution >= 0.6 is 0 Å². The topological polar surface area (TPSA) is 67.4 Å². The number of amides is 1. The van der Waals surface area contributed by atoms with E-state index in [1.165, 1.54) is 6.08 Å². The van der Waals surface area contributed by atoms with Gasteiger partial charge in [-0.2, -0.15) is 0 Å². The summed E-state index contributed by atoms with van der Waals surface area (Å²) in [5.74, 6) is -0.586. The number of hydrogen-bond donors (Lipinski definition) is 2. The van der Waals surface area contributed by atoms with Crippen molar-refractivity contribution < 1.29 is 14.3 Å². The lowest BCUT2D eigenvalue weighted by molar-refractivity contribution is -0.138. The van der Waals surface area contributed by atoms with Gasteiger partial charge in [0, 0.05) is 25.2 Å². The number of carbonyl (C=O) groups excluding carboxylic acids is 2. The quantitative estimate of drug-likeness (QED) is 0.347. The fourth-order valence-corrected chi connectivity index (χ4v) is 0.810. The number of esters is 1. The van der Waals surface area contributed by atoms with Crippen molar-refractivity contribution in [3.63, 3.8) is 0 Å². The van der Waals surface area contributed by atoms with E-state index >= 15 is 0 Å². The number of rotatable bonds is 8. The molecule has 5 heteroatoms. The first kappa shape index (κ1) is 14.4. The summed E-state index contributed by atoms with van der Waals surface area (Å²) in [6.45, 7) is 10.4. The van der Waals surface area contributed by atoms with E-state index in [0.717, 1.165) is 0 Å². The molecule has 0 aliphatic heterocycles. The Kier molecular flexibility index (Phi) is 7.79. The minimum absolute atomic E-state index is 0.199. The van der Waals surface area contributed by atoms with Crippen LogP contribution in [0, 0.1) is 0 Å². The maximum absolute atomic E-state index is 10.9. The molecule has 0 saturated heterocycles. The molecule has 0 radical (unpaired) electrons. The van der Waals surface area contributed by atoms with Crippen molar-refractivity contribution in [1.29, 1.82) is 0 Å². The number of hydrogen-bond acceptors (Lipinski definition) is 4. The van der Waals surface area contributed by atoms with Gasteiger partial charge < -0.3 is 15.4 Å². The smallest absolute Gasteiger partial charge is 0.333 e. The largest absolute Gasteiger partial charge is 0.461 e. The van der Waals surface area contributed by atoms with Gasteiger partial charge in [0.25, 0.3) is 0 Å². The van der Waals surface area contributed by atoms with Crippen molar-refractivity contribution in [1.82, 2.24) is 10.6 Å². The van der Waals surface area contributed by atoms with Crippen molar-refractivity contribution in [2.24, 2.45) is 0 Å². The average Bonchev–Trinajstić information content (AvgIpc) is 2.26. The molecule has 0 heterocycles. The molecule has 16 heavy (non-hydrogen) atoms. The van der Waals surface area contributed by atoms with Gasteiger partial charge in [-0.15, -0.1) is 0 Å². The first-order valence-electron chi connectivity index (χ1n) is 5.01. The highest BCUT2D eigenvalue weighted by molar-refractivity contribution is 5.87. The van der Waals surface area contributed by atoms with Crippen molar-refractivity contribution in [2.45, 2.75) is 6.92 Å². The first-order chi connectivity index (χ1) is 7.57. The normalized spacial score (nSPS) is 9.31. The van der Waals surface area contributed by atoms with Gasteiger partial charge in [-0.25, -0.2) is 4.79 Å². The summed E-state index contributed by atoms with van der Waals surface area (Å²) in [5, 5.41) is 5.61. The molecule has 0 aromatic rings. The van der Waals surface area contributed by atoms with Crippen LogP contribution in [0.4, 0.5) is 0 Å². The van der Waals surface area contributed by atoms with Crippen LogP contribution in [0.25, 0.3) is 0 Å². The van der Waals surface area contributed by atoms with Crippen molar-refractivity contribution >= 4 is 11.9 Å². The van der Waals surface area contributed by atoms with Gasteiger partial charge in [-0.05, 0) is 13.0 Å². The van der Waals surface area contributed by atoms with E-state index in [2.05, 4.69) is 23.8 Å². The predicted molar refractivity (Wildman–Crippen MR) is 61.8 cm³/mol. The number of ether oxygens (including phenoxy) is 1. The second kappa shape index (κ2) is 8.67. The molecule has 0 aromatic carbocycles. The van der Waals surface area contributed by atoms with E-state index in [0.29, 0.717) is 31.8 Å². The Balaban J connectivity index is 3.28. The third-order valence-corrected chi connectivity index (χ3v) is 1.65. The summed E-state index contributed by atoms with van der Waals surface area (Å²) in [5.41, 5.74) is 0.387. The molecule has 0 aliphatic rings. The highest BCUT2D eigenvalue weighted by Gasteiger charge is 2.01. The maximum atomic E-state index is 10.9. The molecule has 0 bridgehead atoms. The second-order valence-electron chi connectivity index (χ2n) is 3.16. The van der Waals surface area contributed by atoms with Gasteiger partial charge in [0.15, 0.2) is 0 Å². The van der Waals surface area contributed by atoms with Crippen LogP contribution in [0.5, 0.6) is 0 Å². The molecular formula is C11H18N2O3. The highest BCUT2D eigenvalue weighted by Crippen LogP contribution is 1.90. The zero-order valence-electron chi connectivity index (χ0n) is 9.54. The summed E-state index contributed by atoms with van der Waals surface area (Å²) in [7, 11) is 0. The van der Waals surface area contributed by atoms with Gasteiger partial charge in [-0.1, -0.05) is 13.2 Å². The highest BCUT2D eigenvalue weighted by atomic mass is 16.5. The van der Waals surface area contributed by atoms with Crippen LogP contribution in [0.15, 0.2) is 24.8 Å². The van der Waals surface area contributed by atoms with E-state index in [9.17, 15) is 9.59 Å². The summed E-state index contributed by atoms with van der Waals surface area (Å²) >= 11 is 0. The number of carbonyl (C=O) groups is 2. The minimum atomic E-state index is -0.387. The average molecular weight is 226 g/mol. The Hall–Kier alpha value is -1.62. The van der Waals surface area contributed by atoms with Crippen LogP contribution in [-0.4, -0.2) is 38.1 Å². The Labute approximate surface area is 95.5 Å². The van der Waals surface area contributed by atoms with Crippen LogP contribution in [0.1, 0.15) is 6.92 Å². The standard InChI is InChI=1S/C11H18N2O3/c1-4-10(14)13-6-5-12-7-8-16-11(15)9(2)3/h4,12H,1-2,5-8H2,3H3,(H,13,14). The van der Waals surface area contributed by atoms with Gasteiger partial charge in [0.2, 0.25) is 5.91 Å². The Morgan fingerprint density at radius 2 is 2.00 bits per heavy atom. The molecule has 2 N–H and O–H groups in total. The fourth-order valence-electron chi connectivity index (χ4n) is 0.810. The molecule has 0 spiro atoms. The molecule has 1 amide bonds. The lowest BCUT2D eigenvalue weighted by atomic mass is 10.4. The van der Waals surface area contributed by atoms with E-state index in [4.69, 9.17) is 4.74 Å². The lowest BCUT2D eigenvalue weighted by Crippen LogP contribution is -2.32. The molecule has 0 unspecified atom stereocenters. The van der Waals surface area contributed by atoms with E-state index in [1.807, 2.05) is 0 Å². The molecule has 0 saturated carbocycles. The third kappa shape index (κ3) is 7.75. The van der Waals surface area contributed by atoms with Gasteiger partial charge in [0.1, 0.15) is 6.61 Å². The third-order valence-electron chi connectivity index (χ3n) is 1.65. The van der Waals surface area contributed by atoms with Crippen LogP contribution in [0.3, 0.4) is 0 Å². The van der Waals surface area contributed by atoms with Crippen molar-refractivity contribution in [3.8, 4) is 0 Å². The van der Waals surface area contributed by atoms with Crippen LogP contribution in [-0.2, 0) is 14.3 Å². The van der Waals surface area contributed by atoms with Crippen LogP contribution in [0.2, 0.25) is 0 Å². The molecule has 5 nitrogen and oxygen atoms in total. The summed E-state index contributed by atoms with van der Waals surface area (Å²) in [6, 6.07) is 0. The molecule has 0 aliphatic carbocycles. The number of nitrogens with one attached hydrogen (secondary N) is 2. The lowest BCUT2D eigenvalue weighted by Gasteiger charge is -2.06. The van der Waals surface area contributed by atoms with Crippen LogP contribution < -0.4 is 10.6 Å². The second-order valence-corrected chi connectivity index (χ2v) is 3.16. The monoisotopic (exact) mass is 226 g/mol. The molecule has 0 aromatic heterocycles. The van der Waals surface area contributed by atoms with Gasteiger partial charge in [0.05, 0.1) is 0 Å². The zero-order chi connectivity index (χ0) is 12.4. The van der Waals surface area contributed by atoms with Crippen molar-refractivity contribution in [2.75, 3.05) is 26.2 Å². The fraction of sp³-hybridized carbons (Fsp3) is 0.455. The summed E-state index contributed by atoms with van der Waals surface area (Å²) < 4.78 is 4.85. The Bertz CT molecular complexity index is 274. The molecule has 0 atom stereocenters. The molecule has 0 rings (SSSR count). The van der Waals surface area contributed by atoms with E-state index < -0.39 is 0 Å². The van der Waals surface area contributed by atoms with E-state index in [1.54, 1.807) is 6.92 Å². The predicted octanol–water partition coefficient (Wildman–Crippen LogP) is -0.00250. The Morgan fingerprint density at radius 3 is 2.56 bits per heavy atom. The Morgan fingerprint density at radius 1 is 1.31 bits per heavy atom. The molecule has 90 valence electrons. The van der Waals surface area contributed by atoms with Gasteiger partial charge in [-0.3, -0.25) is 4.79 Å². The zero-order valence-corrected chi connectivity index (χ0v) is 9.54. The summed E-state index contributed by atoms with van der Waals surface area (Å²) in [6.07, 6.45) is 1.22. The maximum Gasteiger partial charge on any atom is 0.333 e. The molecule has 0 fully saturated rings. The van der Waals surface area contributed by atoms with Crippen molar-refractivity contribution in [3.05, 3.63) is 24.8 Å². The van der Waals surface area contributed by atoms with Gasteiger partial charge >= 0.3 is 5.97 Å². The SMILES string of the molecule is C=CC(=O)NCCNCCOC(=O)C(=C)C. The van der Waals surface area contributed by atoms with E-state index in [-0.39, 0.29) is 11.9 Å².